The maximum Gasteiger partial charge on any atom is 0.240 e. The average Bonchev–Trinajstić information content (AvgIpc) is 2.71. The van der Waals surface area contributed by atoms with Gasteiger partial charge in [0.15, 0.2) is 11.5 Å². The molecular weight excluding hydrogens is 370 g/mol. The molecule has 3 N–H and O–H groups in total. The fraction of sp³-hybridized carbons (Fsp3) is 0.444. The van der Waals surface area contributed by atoms with E-state index in [0.29, 0.717) is 24.0 Å². The van der Waals surface area contributed by atoms with Gasteiger partial charge in [-0.2, -0.15) is 9.97 Å². The van der Waals surface area contributed by atoms with Crippen molar-refractivity contribution in [3.8, 4) is 17.2 Å². The highest BCUT2D eigenvalue weighted by atomic mass is 35.5. The SMILES string of the molecule is [2H]C1([2H])Oc2ccc(OC3CCN(c4nc(NN)nc(Cl)c4C)CC3)cc2OC1([2H])[2H]. The second-order valence-corrected chi connectivity index (χ2v) is 6.61. The van der Waals surface area contributed by atoms with Gasteiger partial charge in [0.2, 0.25) is 5.95 Å². The first-order valence-corrected chi connectivity index (χ1v) is 8.92. The Labute approximate surface area is 168 Å². The molecule has 0 bridgehead atoms. The van der Waals surface area contributed by atoms with Crippen LogP contribution in [-0.2, 0) is 0 Å². The first-order valence-electron chi connectivity index (χ1n) is 10.5. The summed E-state index contributed by atoms with van der Waals surface area (Å²) in [5.74, 6) is 7.12. The van der Waals surface area contributed by atoms with Crippen LogP contribution < -0.4 is 30.4 Å². The van der Waals surface area contributed by atoms with Crippen molar-refractivity contribution in [1.29, 1.82) is 0 Å². The third-order valence-electron chi connectivity index (χ3n) is 4.51. The minimum Gasteiger partial charge on any atom is -0.490 e. The average molecular weight is 396 g/mol. The van der Waals surface area contributed by atoms with E-state index < -0.39 is 13.1 Å². The van der Waals surface area contributed by atoms with Gasteiger partial charge < -0.3 is 19.1 Å². The number of nitrogens with zero attached hydrogens (tertiary/aromatic N) is 3. The third kappa shape index (κ3) is 3.81. The van der Waals surface area contributed by atoms with Crippen LogP contribution in [0.15, 0.2) is 18.2 Å². The van der Waals surface area contributed by atoms with Crippen molar-refractivity contribution in [2.75, 3.05) is 36.5 Å². The molecule has 0 atom stereocenters. The molecule has 144 valence electrons. The molecule has 0 spiro atoms. The smallest absolute Gasteiger partial charge is 0.240 e. The highest BCUT2D eigenvalue weighted by Crippen LogP contribution is 2.35. The van der Waals surface area contributed by atoms with Gasteiger partial charge in [0.05, 0.1) is 5.48 Å². The number of benzene rings is 1. The molecule has 0 aliphatic carbocycles. The number of anilines is 2. The Morgan fingerprint density at radius 1 is 1.26 bits per heavy atom. The van der Waals surface area contributed by atoms with E-state index in [-0.39, 0.29) is 23.6 Å². The molecule has 4 rings (SSSR count). The lowest BCUT2D eigenvalue weighted by Gasteiger charge is -2.34. The largest absolute Gasteiger partial charge is 0.490 e. The fourth-order valence-electron chi connectivity index (χ4n) is 3.11. The van der Waals surface area contributed by atoms with Crippen molar-refractivity contribution in [3.63, 3.8) is 0 Å². The molecule has 2 aliphatic heterocycles. The van der Waals surface area contributed by atoms with Crippen molar-refractivity contribution < 1.29 is 19.7 Å². The van der Waals surface area contributed by atoms with Gasteiger partial charge >= 0.3 is 0 Å². The fourth-order valence-corrected chi connectivity index (χ4v) is 3.27. The number of piperidine rings is 1. The number of hydrazine groups is 1. The molecule has 1 saturated heterocycles. The Hall–Kier alpha value is -2.45. The third-order valence-corrected chi connectivity index (χ3v) is 4.88. The summed E-state index contributed by atoms with van der Waals surface area (Å²) in [6, 6.07) is 4.68. The zero-order chi connectivity index (χ0) is 22.4. The van der Waals surface area contributed by atoms with Gasteiger partial charge in [-0.25, -0.2) is 5.84 Å². The van der Waals surface area contributed by atoms with Crippen molar-refractivity contribution in [3.05, 3.63) is 28.9 Å². The Morgan fingerprint density at radius 3 is 2.74 bits per heavy atom. The van der Waals surface area contributed by atoms with E-state index in [2.05, 4.69) is 20.3 Å². The van der Waals surface area contributed by atoms with Gasteiger partial charge in [-0.05, 0) is 19.1 Å². The number of hydrogen-bond donors (Lipinski definition) is 2. The molecule has 1 fully saturated rings. The van der Waals surface area contributed by atoms with E-state index in [0.717, 1.165) is 24.2 Å². The maximum absolute atomic E-state index is 7.71. The summed E-state index contributed by atoms with van der Waals surface area (Å²) in [5, 5.41) is 0.344. The van der Waals surface area contributed by atoms with E-state index in [4.69, 9.17) is 37.1 Å². The quantitative estimate of drug-likeness (QED) is 0.463. The van der Waals surface area contributed by atoms with Crippen LogP contribution in [0.4, 0.5) is 11.8 Å². The number of fused-ring (bicyclic) bond motifs is 1. The summed E-state index contributed by atoms with van der Waals surface area (Å²) in [6.45, 7) is -1.96. The van der Waals surface area contributed by atoms with Gasteiger partial charge in [0.25, 0.3) is 0 Å². The number of rotatable bonds is 4. The highest BCUT2D eigenvalue weighted by molar-refractivity contribution is 6.30. The molecule has 2 aromatic rings. The normalized spacial score (nSPS) is 22.9. The molecule has 1 aromatic heterocycles. The summed E-state index contributed by atoms with van der Waals surface area (Å²) in [4.78, 5) is 10.6. The first-order chi connectivity index (χ1) is 14.6. The molecule has 3 heterocycles. The molecular formula is C18H22ClN5O3. The van der Waals surface area contributed by atoms with Gasteiger partial charge in [-0.15, -0.1) is 0 Å². The van der Waals surface area contributed by atoms with Gasteiger partial charge in [-0.3, -0.25) is 5.43 Å². The number of nitrogens with one attached hydrogen (secondary N) is 1. The van der Waals surface area contributed by atoms with Crippen LogP contribution >= 0.6 is 11.6 Å². The van der Waals surface area contributed by atoms with Crippen LogP contribution in [0.3, 0.4) is 0 Å². The van der Waals surface area contributed by atoms with Crippen LogP contribution in [0.1, 0.15) is 23.9 Å². The predicted molar refractivity (Wildman–Crippen MR) is 103 cm³/mol. The van der Waals surface area contributed by atoms with E-state index in [1.807, 2.05) is 6.92 Å². The Bertz CT molecular complexity index is 989. The van der Waals surface area contributed by atoms with Crippen LogP contribution in [0.5, 0.6) is 17.2 Å². The Kier molecular flexibility index (Phi) is 3.88. The molecule has 0 amide bonds. The Balaban J connectivity index is 1.42. The highest BCUT2D eigenvalue weighted by Gasteiger charge is 2.24. The minimum absolute atomic E-state index is 0.0632. The molecule has 0 radical (unpaired) electrons. The van der Waals surface area contributed by atoms with Gasteiger partial charge in [0.1, 0.15) is 35.9 Å². The zero-order valence-electron chi connectivity index (χ0n) is 18.7. The van der Waals surface area contributed by atoms with E-state index in [1.54, 1.807) is 6.07 Å². The van der Waals surface area contributed by atoms with Crippen molar-refractivity contribution in [2.45, 2.75) is 25.9 Å². The second-order valence-electron chi connectivity index (χ2n) is 6.25. The molecule has 27 heavy (non-hydrogen) atoms. The second kappa shape index (κ2) is 7.66. The minimum atomic E-state index is -2.61. The summed E-state index contributed by atoms with van der Waals surface area (Å²) in [7, 11) is 0. The van der Waals surface area contributed by atoms with Crippen molar-refractivity contribution in [1.82, 2.24) is 9.97 Å². The molecule has 8 nitrogen and oxygen atoms in total. The van der Waals surface area contributed by atoms with Crippen molar-refractivity contribution in [2.24, 2.45) is 5.84 Å². The lowest BCUT2D eigenvalue weighted by Crippen LogP contribution is -2.39. The molecule has 0 saturated carbocycles. The number of aromatic nitrogens is 2. The van der Waals surface area contributed by atoms with Crippen LogP contribution in [0, 0.1) is 6.92 Å². The predicted octanol–water partition coefficient (Wildman–Crippen LogP) is 2.54. The van der Waals surface area contributed by atoms with E-state index in [9.17, 15) is 0 Å². The molecule has 1 aromatic carbocycles. The zero-order valence-corrected chi connectivity index (χ0v) is 15.4. The van der Waals surface area contributed by atoms with Gasteiger partial charge in [0, 0.05) is 37.6 Å². The van der Waals surface area contributed by atoms with E-state index >= 15 is 0 Å². The number of nitrogens with two attached hydrogens (primary N) is 1. The van der Waals surface area contributed by atoms with Gasteiger partial charge in [-0.1, -0.05) is 11.6 Å². The van der Waals surface area contributed by atoms with E-state index in [1.165, 1.54) is 12.1 Å². The molecule has 9 heteroatoms. The van der Waals surface area contributed by atoms with Crippen LogP contribution in [-0.4, -0.2) is 42.3 Å². The lowest BCUT2D eigenvalue weighted by molar-refractivity contribution is 0.159. The lowest BCUT2D eigenvalue weighted by atomic mass is 10.1. The standard InChI is InChI=1S/C18H22ClN5O3/c1-11-16(19)21-18(23-20)22-17(11)24-6-4-12(5-7-24)27-13-2-3-14-15(10-13)26-9-8-25-14/h2-3,10,12H,4-9,20H2,1H3,(H,21,22,23)/i8D2,9D2. The van der Waals surface area contributed by atoms with Crippen LogP contribution in [0.25, 0.3) is 0 Å². The van der Waals surface area contributed by atoms with Crippen molar-refractivity contribution >= 4 is 23.4 Å². The monoisotopic (exact) mass is 395 g/mol. The number of halogens is 1. The summed E-state index contributed by atoms with van der Waals surface area (Å²) in [5.41, 5.74) is 3.20. The molecule has 0 unspecified atom stereocenters. The van der Waals surface area contributed by atoms with Crippen LogP contribution in [0.2, 0.25) is 5.15 Å². The summed E-state index contributed by atoms with van der Waals surface area (Å²) in [6.07, 6.45) is 1.39. The first kappa shape index (κ1) is 13.7. The summed E-state index contributed by atoms with van der Waals surface area (Å²) >= 11 is 6.18. The Morgan fingerprint density at radius 2 is 2.00 bits per heavy atom. The summed E-state index contributed by atoms with van der Waals surface area (Å²) < 4.78 is 47.1. The number of ether oxygens (including phenoxy) is 3. The number of hydrogen-bond acceptors (Lipinski definition) is 8. The maximum atomic E-state index is 7.71. The number of nitrogen functional groups attached to an aromatic ring is 1. The molecule has 2 aliphatic rings. The topological polar surface area (TPSA) is 94.8 Å².